The van der Waals surface area contributed by atoms with Gasteiger partial charge >= 0.3 is 6.03 Å². The van der Waals surface area contributed by atoms with E-state index in [1.165, 1.54) is 29.2 Å². The van der Waals surface area contributed by atoms with Crippen molar-refractivity contribution in [1.29, 1.82) is 0 Å². The summed E-state index contributed by atoms with van der Waals surface area (Å²) in [5, 5.41) is 2.41. The number of hydrogen-bond donors (Lipinski definition) is 1. The summed E-state index contributed by atoms with van der Waals surface area (Å²) < 4.78 is 54.1. The average molecular weight is 443 g/mol. The van der Waals surface area contributed by atoms with Crippen LogP contribution in [0.1, 0.15) is 17.2 Å². The molecular weight excluding hydrogens is 422 g/mol. The van der Waals surface area contributed by atoms with E-state index in [2.05, 4.69) is 10.2 Å². The van der Waals surface area contributed by atoms with E-state index in [4.69, 9.17) is 0 Å². The second-order valence-electron chi connectivity index (χ2n) is 7.58. The largest absolute Gasteiger partial charge is 0.322 e. The van der Waals surface area contributed by atoms with Crippen LogP contribution in [0, 0.1) is 23.3 Å². The number of carbonyl (C=O) groups excluding carboxylic acids is 1. The summed E-state index contributed by atoms with van der Waals surface area (Å²) in [5.74, 6) is -2.06. The van der Waals surface area contributed by atoms with Gasteiger partial charge in [0.25, 0.3) is 0 Å². The van der Waals surface area contributed by atoms with Gasteiger partial charge in [0.05, 0.1) is 11.7 Å². The first-order chi connectivity index (χ1) is 15.4. The summed E-state index contributed by atoms with van der Waals surface area (Å²) in [5.41, 5.74) is 1.48. The van der Waals surface area contributed by atoms with Crippen LogP contribution in [0.2, 0.25) is 0 Å². The van der Waals surface area contributed by atoms with Gasteiger partial charge in [0.2, 0.25) is 0 Å². The number of piperazine rings is 1. The molecule has 4 nitrogen and oxygen atoms in total. The van der Waals surface area contributed by atoms with Crippen molar-refractivity contribution in [2.24, 2.45) is 0 Å². The zero-order valence-corrected chi connectivity index (χ0v) is 17.1. The van der Waals surface area contributed by atoms with Gasteiger partial charge in [-0.3, -0.25) is 4.90 Å². The number of rotatable bonds is 4. The van der Waals surface area contributed by atoms with Crippen molar-refractivity contribution >= 4 is 11.7 Å². The Morgan fingerprint density at radius 1 is 0.719 bits per heavy atom. The van der Waals surface area contributed by atoms with E-state index in [1.54, 1.807) is 24.3 Å². The fraction of sp³-hybridized carbons (Fsp3) is 0.208. The molecule has 4 rings (SSSR count). The van der Waals surface area contributed by atoms with Crippen molar-refractivity contribution in [2.45, 2.75) is 6.04 Å². The molecule has 3 aromatic carbocycles. The number of anilines is 1. The van der Waals surface area contributed by atoms with E-state index in [0.29, 0.717) is 26.2 Å². The Morgan fingerprint density at radius 3 is 1.75 bits per heavy atom. The Bertz CT molecular complexity index is 1040. The minimum Gasteiger partial charge on any atom is -0.322 e. The van der Waals surface area contributed by atoms with Crippen molar-refractivity contribution < 1.29 is 22.4 Å². The Morgan fingerprint density at radius 2 is 1.22 bits per heavy atom. The molecular formula is C24H21F4N3O. The molecule has 3 aromatic rings. The maximum atomic E-state index is 13.8. The van der Waals surface area contributed by atoms with Gasteiger partial charge in [0, 0.05) is 32.2 Å². The molecule has 166 valence electrons. The van der Waals surface area contributed by atoms with Gasteiger partial charge in [0.1, 0.15) is 23.3 Å². The summed E-state index contributed by atoms with van der Waals surface area (Å²) in [6.45, 7) is 1.67. The normalized spacial score (nSPS) is 14.6. The molecule has 1 saturated heterocycles. The topological polar surface area (TPSA) is 35.6 Å². The fourth-order valence-corrected chi connectivity index (χ4v) is 3.87. The number of hydrogen-bond acceptors (Lipinski definition) is 2. The molecule has 1 heterocycles. The quantitative estimate of drug-likeness (QED) is 0.564. The monoisotopic (exact) mass is 443 g/mol. The molecule has 1 N–H and O–H groups in total. The van der Waals surface area contributed by atoms with Crippen molar-refractivity contribution in [3.05, 3.63) is 101 Å². The molecule has 2 amide bonds. The maximum absolute atomic E-state index is 13.8. The van der Waals surface area contributed by atoms with Gasteiger partial charge in [-0.15, -0.1) is 0 Å². The number of carbonyl (C=O) groups is 1. The number of benzene rings is 3. The lowest BCUT2D eigenvalue weighted by Gasteiger charge is -2.39. The predicted molar refractivity (Wildman–Crippen MR) is 113 cm³/mol. The third-order valence-corrected chi connectivity index (χ3v) is 5.51. The first-order valence-electron chi connectivity index (χ1n) is 10.2. The van der Waals surface area contributed by atoms with Crippen LogP contribution in [0.4, 0.5) is 28.0 Å². The summed E-state index contributed by atoms with van der Waals surface area (Å²) >= 11 is 0. The van der Waals surface area contributed by atoms with Crippen LogP contribution in [0.25, 0.3) is 0 Å². The van der Waals surface area contributed by atoms with Crippen molar-refractivity contribution in [3.63, 3.8) is 0 Å². The molecule has 0 bridgehead atoms. The number of amides is 2. The summed E-state index contributed by atoms with van der Waals surface area (Å²) in [7, 11) is 0. The SMILES string of the molecule is O=C(Nc1cc(F)ccc1F)N1CCN(C(c2ccc(F)cc2)c2ccc(F)cc2)CC1. The van der Waals surface area contributed by atoms with E-state index >= 15 is 0 Å². The van der Waals surface area contributed by atoms with Crippen molar-refractivity contribution in [1.82, 2.24) is 9.80 Å². The van der Waals surface area contributed by atoms with E-state index in [0.717, 1.165) is 29.3 Å². The van der Waals surface area contributed by atoms with Crippen molar-refractivity contribution in [2.75, 3.05) is 31.5 Å². The predicted octanol–water partition coefficient (Wildman–Crippen LogP) is 5.18. The van der Waals surface area contributed by atoms with Gasteiger partial charge in [0.15, 0.2) is 0 Å². The van der Waals surface area contributed by atoms with Gasteiger partial charge in [-0.1, -0.05) is 24.3 Å². The zero-order valence-electron chi connectivity index (χ0n) is 17.1. The lowest BCUT2D eigenvalue weighted by atomic mass is 9.96. The van der Waals surface area contributed by atoms with Crippen LogP contribution < -0.4 is 5.32 Å². The third-order valence-electron chi connectivity index (χ3n) is 5.51. The molecule has 0 unspecified atom stereocenters. The van der Waals surface area contributed by atoms with E-state index in [9.17, 15) is 22.4 Å². The second kappa shape index (κ2) is 9.40. The molecule has 0 atom stereocenters. The first kappa shape index (κ1) is 21.8. The van der Waals surface area contributed by atoms with Crippen LogP contribution in [0.5, 0.6) is 0 Å². The third kappa shape index (κ3) is 4.91. The highest BCUT2D eigenvalue weighted by atomic mass is 19.1. The van der Waals surface area contributed by atoms with Gasteiger partial charge in [-0.25, -0.2) is 22.4 Å². The summed E-state index contributed by atoms with van der Waals surface area (Å²) in [6.07, 6.45) is 0. The highest BCUT2D eigenvalue weighted by molar-refractivity contribution is 5.89. The minimum atomic E-state index is -0.717. The average Bonchev–Trinajstić information content (AvgIpc) is 2.79. The van der Waals surface area contributed by atoms with E-state index in [1.807, 2.05) is 0 Å². The van der Waals surface area contributed by atoms with Gasteiger partial charge in [-0.05, 0) is 47.5 Å². The standard InChI is InChI=1S/C24H21F4N3O/c25-18-5-1-16(2-6-18)23(17-3-7-19(26)8-4-17)30-11-13-31(14-12-30)24(32)29-22-15-20(27)9-10-21(22)28/h1-10,15,23H,11-14H2,(H,29,32). The Labute approximate surface area is 183 Å². The highest BCUT2D eigenvalue weighted by Crippen LogP contribution is 2.30. The molecule has 0 spiro atoms. The fourth-order valence-electron chi connectivity index (χ4n) is 3.87. The lowest BCUT2D eigenvalue weighted by molar-refractivity contribution is 0.126. The molecule has 0 radical (unpaired) electrons. The van der Waals surface area contributed by atoms with Crippen molar-refractivity contribution in [3.8, 4) is 0 Å². The highest BCUT2D eigenvalue weighted by Gasteiger charge is 2.28. The van der Waals surface area contributed by atoms with Crippen LogP contribution in [0.3, 0.4) is 0 Å². The molecule has 1 aliphatic rings. The van der Waals surface area contributed by atoms with Crippen LogP contribution in [-0.4, -0.2) is 42.0 Å². The smallest absolute Gasteiger partial charge is 0.322 e. The summed E-state index contributed by atoms with van der Waals surface area (Å²) in [6, 6.07) is 14.4. The Hall–Kier alpha value is -3.39. The number of halogens is 4. The number of nitrogens with one attached hydrogen (secondary N) is 1. The van der Waals surface area contributed by atoms with Gasteiger partial charge in [-0.2, -0.15) is 0 Å². The molecule has 8 heteroatoms. The van der Waals surface area contributed by atoms with E-state index in [-0.39, 0.29) is 23.4 Å². The van der Waals surface area contributed by atoms with Gasteiger partial charge < -0.3 is 10.2 Å². The Balaban J connectivity index is 1.48. The van der Waals surface area contributed by atoms with Crippen LogP contribution in [-0.2, 0) is 0 Å². The lowest BCUT2D eigenvalue weighted by Crippen LogP contribution is -2.51. The maximum Gasteiger partial charge on any atom is 0.322 e. The molecule has 32 heavy (non-hydrogen) atoms. The summed E-state index contributed by atoms with van der Waals surface area (Å²) in [4.78, 5) is 16.2. The Kier molecular flexibility index (Phi) is 6.41. The molecule has 1 fully saturated rings. The van der Waals surface area contributed by atoms with Crippen LogP contribution >= 0.6 is 0 Å². The van der Waals surface area contributed by atoms with Crippen LogP contribution in [0.15, 0.2) is 66.7 Å². The van der Waals surface area contributed by atoms with E-state index < -0.39 is 17.7 Å². The number of nitrogens with zero attached hydrogens (tertiary/aromatic N) is 2. The minimum absolute atomic E-state index is 0.215. The second-order valence-corrected chi connectivity index (χ2v) is 7.58. The first-order valence-corrected chi connectivity index (χ1v) is 10.2. The number of urea groups is 1. The zero-order chi connectivity index (χ0) is 22.7. The molecule has 1 aliphatic heterocycles. The molecule has 0 aromatic heterocycles. The molecule has 0 saturated carbocycles. The molecule has 0 aliphatic carbocycles.